The highest BCUT2D eigenvalue weighted by atomic mass is 19.4. The molecule has 1 heterocycles. The van der Waals surface area contributed by atoms with Crippen LogP contribution in [0.25, 0.3) is 0 Å². The van der Waals surface area contributed by atoms with E-state index in [1.807, 2.05) is 0 Å². The molecular formula is C13H6F4N2O. The molecule has 0 unspecified atom stereocenters. The predicted molar refractivity (Wildman–Crippen MR) is 60.4 cm³/mol. The van der Waals surface area contributed by atoms with Gasteiger partial charge in [0.15, 0.2) is 0 Å². The smallest absolute Gasteiger partial charge is 0.420 e. The number of rotatable bonds is 2. The third-order valence-corrected chi connectivity index (χ3v) is 2.34. The number of nitrogens with zero attached hydrogens (tertiary/aromatic N) is 2. The first-order chi connectivity index (χ1) is 9.40. The fraction of sp³-hybridized carbons (Fsp3) is 0.0769. The molecule has 2 rings (SSSR count). The van der Waals surface area contributed by atoms with Gasteiger partial charge in [0.2, 0.25) is 5.95 Å². The van der Waals surface area contributed by atoms with Gasteiger partial charge in [-0.25, -0.2) is 4.98 Å². The molecule has 3 nitrogen and oxygen atoms in total. The van der Waals surface area contributed by atoms with Gasteiger partial charge in [-0.1, -0.05) is 0 Å². The SMILES string of the molecule is N#Cc1ccc(Oc2ccnc(F)c2)c(C(F)(F)F)c1. The van der Waals surface area contributed by atoms with Gasteiger partial charge in [0.05, 0.1) is 17.2 Å². The Kier molecular flexibility index (Phi) is 3.57. The third-order valence-electron chi connectivity index (χ3n) is 2.34. The molecule has 0 spiro atoms. The van der Waals surface area contributed by atoms with Crippen LogP contribution in [0.3, 0.4) is 0 Å². The first-order valence-electron chi connectivity index (χ1n) is 5.31. The molecule has 0 saturated heterocycles. The maximum absolute atomic E-state index is 12.9. The largest absolute Gasteiger partial charge is 0.457 e. The van der Waals surface area contributed by atoms with Gasteiger partial charge in [-0.2, -0.15) is 22.8 Å². The number of nitriles is 1. The monoisotopic (exact) mass is 282 g/mol. The van der Waals surface area contributed by atoms with E-state index in [9.17, 15) is 17.6 Å². The van der Waals surface area contributed by atoms with E-state index in [4.69, 9.17) is 10.00 Å². The summed E-state index contributed by atoms with van der Waals surface area (Å²) in [4.78, 5) is 3.27. The Morgan fingerprint density at radius 3 is 2.50 bits per heavy atom. The van der Waals surface area contributed by atoms with Crippen LogP contribution in [0.5, 0.6) is 11.5 Å². The van der Waals surface area contributed by atoms with E-state index in [1.165, 1.54) is 12.1 Å². The van der Waals surface area contributed by atoms with Crippen molar-refractivity contribution in [3.05, 3.63) is 53.6 Å². The standard InChI is InChI=1S/C13H6F4N2O/c14-12-6-9(3-4-19-12)20-11-2-1-8(7-18)5-10(11)13(15,16)17/h1-6H. The van der Waals surface area contributed by atoms with Gasteiger partial charge in [-0.3, -0.25) is 0 Å². The van der Waals surface area contributed by atoms with Gasteiger partial charge < -0.3 is 4.74 Å². The molecule has 102 valence electrons. The Morgan fingerprint density at radius 2 is 1.90 bits per heavy atom. The van der Waals surface area contributed by atoms with Crippen molar-refractivity contribution >= 4 is 0 Å². The highest BCUT2D eigenvalue weighted by molar-refractivity contribution is 5.45. The Bertz CT molecular complexity index is 677. The predicted octanol–water partition coefficient (Wildman–Crippen LogP) is 3.90. The molecule has 0 amide bonds. The maximum atomic E-state index is 12.9. The summed E-state index contributed by atoms with van der Waals surface area (Å²) in [5, 5.41) is 8.63. The molecule has 1 aromatic carbocycles. The van der Waals surface area contributed by atoms with Crippen molar-refractivity contribution in [2.45, 2.75) is 6.18 Å². The average molecular weight is 282 g/mol. The van der Waals surface area contributed by atoms with Crippen LogP contribution in [0.4, 0.5) is 17.6 Å². The molecule has 0 saturated carbocycles. The van der Waals surface area contributed by atoms with E-state index in [2.05, 4.69) is 4.98 Å². The van der Waals surface area contributed by atoms with Crippen LogP contribution < -0.4 is 4.74 Å². The number of benzene rings is 1. The van der Waals surface area contributed by atoms with Gasteiger partial charge in [-0.05, 0) is 24.3 Å². The summed E-state index contributed by atoms with van der Waals surface area (Å²) in [6.45, 7) is 0. The normalized spacial score (nSPS) is 10.9. The molecule has 0 N–H and O–H groups in total. The first-order valence-corrected chi connectivity index (χ1v) is 5.31. The summed E-state index contributed by atoms with van der Waals surface area (Å²) >= 11 is 0. The zero-order valence-corrected chi connectivity index (χ0v) is 9.78. The van der Waals surface area contributed by atoms with Crippen LogP contribution in [0.1, 0.15) is 11.1 Å². The maximum Gasteiger partial charge on any atom is 0.420 e. The summed E-state index contributed by atoms with van der Waals surface area (Å²) < 4.78 is 56.5. The second-order valence-electron chi connectivity index (χ2n) is 3.74. The number of aromatic nitrogens is 1. The first kappa shape index (κ1) is 13.8. The number of pyridine rings is 1. The fourth-order valence-electron chi connectivity index (χ4n) is 1.49. The molecule has 7 heteroatoms. The lowest BCUT2D eigenvalue weighted by Gasteiger charge is -2.13. The molecule has 0 atom stereocenters. The van der Waals surface area contributed by atoms with Crippen molar-refractivity contribution in [2.75, 3.05) is 0 Å². The zero-order valence-electron chi connectivity index (χ0n) is 9.78. The number of hydrogen-bond donors (Lipinski definition) is 0. The second kappa shape index (κ2) is 5.17. The van der Waals surface area contributed by atoms with Crippen molar-refractivity contribution in [1.29, 1.82) is 5.26 Å². The highest BCUT2D eigenvalue weighted by Gasteiger charge is 2.35. The lowest BCUT2D eigenvalue weighted by Crippen LogP contribution is -2.07. The van der Waals surface area contributed by atoms with Crippen molar-refractivity contribution < 1.29 is 22.3 Å². The Hall–Kier alpha value is -2.62. The molecule has 0 aliphatic rings. The van der Waals surface area contributed by atoms with E-state index < -0.39 is 23.4 Å². The molecule has 20 heavy (non-hydrogen) atoms. The van der Waals surface area contributed by atoms with E-state index in [1.54, 1.807) is 6.07 Å². The van der Waals surface area contributed by atoms with Gasteiger partial charge in [0.1, 0.15) is 11.5 Å². The lowest BCUT2D eigenvalue weighted by atomic mass is 10.1. The minimum absolute atomic E-state index is 0.118. The van der Waals surface area contributed by atoms with Crippen LogP contribution in [-0.2, 0) is 6.18 Å². The molecular weight excluding hydrogens is 276 g/mol. The summed E-state index contributed by atoms with van der Waals surface area (Å²) in [6.07, 6.45) is -3.62. The molecule has 0 aliphatic heterocycles. The van der Waals surface area contributed by atoms with Gasteiger partial charge in [0.25, 0.3) is 0 Å². The van der Waals surface area contributed by atoms with E-state index in [0.717, 1.165) is 18.3 Å². The molecule has 0 fully saturated rings. The minimum Gasteiger partial charge on any atom is -0.457 e. The molecule has 0 radical (unpaired) electrons. The van der Waals surface area contributed by atoms with Gasteiger partial charge in [0, 0.05) is 12.3 Å². The van der Waals surface area contributed by atoms with Crippen LogP contribution in [0.15, 0.2) is 36.5 Å². The number of alkyl halides is 3. The molecule has 2 aromatic rings. The second-order valence-corrected chi connectivity index (χ2v) is 3.74. The quantitative estimate of drug-likeness (QED) is 0.619. The van der Waals surface area contributed by atoms with Crippen LogP contribution in [0.2, 0.25) is 0 Å². The summed E-state index contributed by atoms with van der Waals surface area (Å²) in [5.74, 6) is -1.50. The molecule has 1 aromatic heterocycles. The average Bonchev–Trinajstić information content (AvgIpc) is 2.38. The van der Waals surface area contributed by atoms with Gasteiger partial charge in [-0.15, -0.1) is 0 Å². The Balaban J connectivity index is 2.44. The third kappa shape index (κ3) is 3.03. The van der Waals surface area contributed by atoms with Crippen LogP contribution in [0, 0.1) is 17.3 Å². The molecule has 0 aliphatic carbocycles. The number of hydrogen-bond acceptors (Lipinski definition) is 3. The van der Waals surface area contributed by atoms with Crippen molar-refractivity contribution in [1.82, 2.24) is 4.98 Å². The fourth-order valence-corrected chi connectivity index (χ4v) is 1.49. The Morgan fingerprint density at radius 1 is 1.15 bits per heavy atom. The minimum atomic E-state index is -4.69. The zero-order chi connectivity index (χ0) is 14.8. The number of ether oxygens (including phenoxy) is 1. The summed E-state index contributed by atoms with van der Waals surface area (Å²) in [5.41, 5.74) is -1.25. The summed E-state index contributed by atoms with van der Waals surface area (Å²) in [6, 6.07) is 6.57. The van der Waals surface area contributed by atoms with Crippen molar-refractivity contribution in [3.63, 3.8) is 0 Å². The van der Waals surface area contributed by atoms with E-state index >= 15 is 0 Å². The molecule has 0 bridgehead atoms. The van der Waals surface area contributed by atoms with Crippen LogP contribution in [-0.4, -0.2) is 4.98 Å². The van der Waals surface area contributed by atoms with E-state index in [-0.39, 0.29) is 11.3 Å². The highest BCUT2D eigenvalue weighted by Crippen LogP contribution is 2.38. The van der Waals surface area contributed by atoms with E-state index in [0.29, 0.717) is 6.07 Å². The van der Waals surface area contributed by atoms with Crippen LogP contribution >= 0.6 is 0 Å². The van der Waals surface area contributed by atoms with Gasteiger partial charge >= 0.3 is 6.18 Å². The van der Waals surface area contributed by atoms with Crippen molar-refractivity contribution in [2.24, 2.45) is 0 Å². The topological polar surface area (TPSA) is 45.9 Å². The number of halogens is 4. The summed E-state index contributed by atoms with van der Waals surface area (Å²) in [7, 11) is 0. The lowest BCUT2D eigenvalue weighted by molar-refractivity contribution is -0.138. The Labute approximate surface area is 111 Å². The van der Waals surface area contributed by atoms with Crippen molar-refractivity contribution in [3.8, 4) is 17.6 Å².